The Morgan fingerprint density at radius 3 is 2.19 bits per heavy atom. The van der Waals surface area contributed by atoms with Crippen molar-refractivity contribution in [2.24, 2.45) is 5.92 Å². The van der Waals surface area contributed by atoms with Crippen molar-refractivity contribution in [3.8, 4) is 0 Å². The number of aliphatic hydroxyl groups is 1. The Balaban J connectivity index is 3.96. The topological polar surface area (TPSA) is 44.3 Å². The zero-order chi connectivity index (χ0) is 20.0. The van der Waals surface area contributed by atoms with Crippen LogP contribution in [0.5, 0.6) is 0 Å². The van der Waals surface area contributed by atoms with Crippen molar-refractivity contribution >= 4 is 23.5 Å². The largest absolute Gasteiger partial charge is 0.389 e. The molecule has 2 atom stereocenters. The third-order valence-electron chi connectivity index (χ3n) is 4.55. The van der Waals surface area contributed by atoms with Gasteiger partial charge < -0.3 is 15.7 Å². The summed E-state index contributed by atoms with van der Waals surface area (Å²) >= 11 is 3.79. The lowest BCUT2D eigenvalue weighted by atomic mass is 9.96. The van der Waals surface area contributed by atoms with Gasteiger partial charge in [-0.1, -0.05) is 31.2 Å². The van der Waals surface area contributed by atoms with Gasteiger partial charge in [0, 0.05) is 24.6 Å². The molecule has 2 unspecified atom stereocenters. The summed E-state index contributed by atoms with van der Waals surface area (Å²) in [4.78, 5) is 0. The second-order valence-corrected chi connectivity index (χ2v) is 8.95. The van der Waals surface area contributed by atoms with Crippen molar-refractivity contribution in [2.45, 2.75) is 58.0 Å². The zero-order valence-corrected chi connectivity index (χ0v) is 19.6. The first kappa shape index (κ1) is 27.1. The maximum absolute atomic E-state index is 9.69. The minimum Gasteiger partial charge on any atom is -0.389 e. The molecular weight excluding hydrogens is 372 g/mol. The van der Waals surface area contributed by atoms with E-state index in [1.54, 1.807) is 0 Å². The zero-order valence-electron chi connectivity index (χ0n) is 17.9. The highest BCUT2D eigenvalue weighted by molar-refractivity contribution is 7.98. The Kier molecular flexibility index (Phi) is 22.4. The molecule has 0 aromatic heterocycles. The van der Waals surface area contributed by atoms with Crippen LogP contribution in [-0.4, -0.2) is 61.4 Å². The number of thioether (sulfide) groups is 2. The molecule has 27 heavy (non-hydrogen) atoms. The van der Waals surface area contributed by atoms with E-state index in [-0.39, 0.29) is 6.10 Å². The predicted molar refractivity (Wildman–Crippen MR) is 128 cm³/mol. The highest BCUT2D eigenvalue weighted by Gasteiger charge is 2.05. The molecule has 0 radical (unpaired) electrons. The van der Waals surface area contributed by atoms with Crippen LogP contribution in [0.2, 0.25) is 0 Å². The third-order valence-corrected chi connectivity index (χ3v) is 5.78. The summed E-state index contributed by atoms with van der Waals surface area (Å²) in [6, 6.07) is 0. The van der Waals surface area contributed by atoms with Crippen LogP contribution in [0.3, 0.4) is 0 Å². The molecule has 0 aliphatic heterocycles. The molecule has 5 heteroatoms. The van der Waals surface area contributed by atoms with Crippen molar-refractivity contribution in [1.29, 1.82) is 0 Å². The van der Waals surface area contributed by atoms with Gasteiger partial charge in [0.2, 0.25) is 0 Å². The van der Waals surface area contributed by atoms with Gasteiger partial charge in [-0.2, -0.15) is 23.5 Å². The average molecular weight is 417 g/mol. The lowest BCUT2D eigenvalue weighted by Gasteiger charge is -2.14. The van der Waals surface area contributed by atoms with Crippen LogP contribution < -0.4 is 10.6 Å². The lowest BCUT2D eigenvalue weighted by molar-refractivity contribution is 0.218. The van der Waals surface area contributed by atoms with E-state index in [4.69, 9.17) is 0 Å². The van der Waals surface area contributed by atoms with Gasteiger partial charge in [-0.25, -0.2) is 0 Å². The molecule has 0 aromatic rings. The molecule has 0 aliphatic carbocycles. The normalized spacial score (nSPS) is 14.4. The third kappa shape index (κ3) is 20.6. The second kappa shape index (κ2) is 22.4. The van der Waals surface area contributed by atoms with Gasteiger partial charge in [0.25, 0.3) is 0 Å². The fourth-order valence-corrected chi connectivity index (χ4v) is 3.42. The van der Waals surface area contributed by atoms with E-state index in [1.165, 1.54) is 37.2 Å². The summed E-state index contributed by atoms with van der Waals surface area (Å²) in [6.45, 7) is 6.47. The molecule has 0 amide bonds. The van der Waals surface area contributed by atoms with E-state index in [2.05, 4.69) is 41.4 Å². The average Bonchev–Trinajstić information content (AvgIpc) is 2.68. The smallest absolute Gasteiger partial charge is 0.0718 e. The lowest BCUT2D eigenvalue weighted by Crippen LogP contribution is -2.20. The van der Waals surface area contributed by atoms with E-state index < -0.39 is 0 Å². The van der Waals surface area contributed by atoms with Crippen LogP contribution in [-0.2, 0) is 0 Å². The number of nitrogens with one attached hydrogen (secondary N) is 2. The van der Waals surface area contributed by atoms with E-state index >= 15 is 0 Å². The Morgan fingerprint density at radius 1 is 0.852 bits per heavy atom. The Labute approximate surface area is 177 Å². The molecular formula is C22H44N2OS2. The number of allylic oxidation sites excluding steroid dienone is 3. The molecule has 0 heterocycles. The monoisotopic (exact) mass is 416 g/mol. The molecule has 0 bridgehead atoms. The van der Waals surface area contributed by atoms with Crippen LogP contribution in [0, 0.1) is 5.92 Å². The summed E-state index contributed by atoms with van der Waals surface area (Å²) < 4.78 is 0. The first-order valence-electron chi connectivity index (χ1n) is 10.6. The first-order valence-corrected chi connectivity index (χ1v) is 13.4. The van der Waals surface area contributed by atoms with Crippen LogP contribution >= 0.6 is 23.5 Å². The van der Waals surface area contributed by atoms with Crippen LogP contribution in [0.15, 0.2) is 24.3 Å². The molecule has 0 saturated carbocycles. The van der Waals surface area contributed by atoms with Gasteiger partial charge in [-0.15, -0.1) is 0 Å². The Bertz CT molecular complexity index is 351. The quantitative estimate of drug-likeness (QED) is 0.198. The number of rotatable bonds is 20. The maximum Gasteiger partial charge on any atom is 0.0718 e. The fourth-order valence-electron chi connectivity index (χ4n) is 2.72. The highest BCUT2D eigenvalue weighted by atomic mass is 32.2. The van der Waals surface area contributed by atoms with Crippen LogP contribution in [0.1, 0.15) is 51.9 Å². The molecule has 0 aromatic carbocycles. The molecule has 0 spiro atoms. The number of aliphatic hydroxyl groups excluding tert-OH is 1. The molecule has 0 rings (SSSR count). The summed E-state index contributed by atoms with van der Waals surface area (Å²) in [5, 5.41) is 16.7. The second-order valence-electron chi connectivity index (χ2n) is 6.98. The summed E-state index contributed by atoms with van der Waals surface area (Å²) in [5.41, 5.74) is 0. The van der Waals surface area contributed by atoms with Gasteiger partial charge in [0.1, 0.15) is 0 Å². The summed E-state index contributed by atoms with van der Waals surface area (Å²) in [6.07, 6.45) is 20.8. The van der Waals surface area contributed by atoms with E-state index in [0.717, 1.165) is 45.4 Å². The highest BCUT2D eigenvalue weighted by Crippen LogP contribution is 2.15. The Hall–Kier alpha value is 0.0600. The molecule has 160 valence electrons. The van der Waals surface area contributed by atoms with Gasteiger partial charge >= 0.3 is 0 Å². The maximum atomic E-state index is 9.69. The van der Waals surface area contributed by atoms with Crippen molar-refractivity contribution in [2.75, 3.05) is 50.2 Å². The Morgan fingerprint density at radius 2 is 1.52 bits per heavy atom. The molecule has 0 saturated heterocycles. The van der Waals surface area contributed by atoms with E-state index in [1.807, 2.05) is 36.5 Å². The molecule has 0 aliphatic rings. The molecule has 3 N–H and O–H groups in total. The van der Waals surface area contributed by atoms with Gasteiger partial charge in [0.05, 0.1) is 6.10 Å². The fraction of sp³-hybridized carbons (Fsp3) is 0.818. The van der Waals surface area contributed by atoms with Crippen molar-refractivity contribution in [3.63, 3.8) is 0 Å². The number of hydrogen-bond donors (Lipinski definition) is 3. The van der Waals surface area contributed by atoms with Crippen molar-refractivity contribution < 1.29 is 5.11 Å². The van der Waals surface area contributed by atoms with E-state index in [9.17, 15) is 5.11 Å². The van der Waals surface area contributed by atoms with Crippen LogP contribution in [0.4, 0.5) is 0 Å². The van der Waals surface area contributed by atoms with Crippen LogP contribution in [0.25, 0.3) is 0 Å². The van der Waals surface area contributed by atoms with Gasteiger partial charge in [-0.3, -0.25) is 0 Å². The first-order chi connectivity index (χ1) is 13.2. The molecule has 0 fully saturated rings. The number of hydrogen-bond acceptors (Lipinski definition) is 5. The molecule has 3 nitrogen and oxygen atoms in total. The van der Waals surface area contributed by atoms with Crippen molar-refractivity contribution in [3.05, 3.63) is 24.3 Å². The predicted octanol–water partition coefficient (Wildman–Crippen LogP) is 4.73. The SMILES string of the molecule is CCC(O)/C=C\CC(C/C=C\CCCCNCCSC)CCNCCSC. The minimum absolute atomic E-state index is 0.287. The van der Waals surface area contributed by atoms with Crippen molar-refractivity contribution in [1.82, 2.24) is 10.6 Å². The van der Waals surface area contributed by atoms with E-state index in [0.29, 0.717) is 5.92 Å². The van der Waals surface area contributed by atoms with Gasteiger partial charge in [0.15, 0.2) is 0 Å². The van der Waals surface area contributed by atoms with Gasteiger partial charge in [-0.05, 0) is 76.5 Å². The minimum atomic E-state index is -0.287. The summed E-state index contributed by atoms with van der Waals surface area (Å²) in [7, 11) is 0. The standard InChI is InChI=1S/C22H44N2OS2/c1-4-22(25)13-10-12-21(14-16-24-18-20-27-3)11-8-6-5-7-9-15-23-17-19-26-2/h6,8,10,13,21-25H,4-5,7,9,11-12,14-20H2,1-3H3/b8-6-,13-10-. The number of unbranched alkanes of at least 4 members (excludes halogenated alkanes) is 2. The summed E-state index contributed by atoms with van der Waals surface area (Å²) in [5.74, 6) is 3.05.